The summed E-state index contributed by atoms with van der Waals surface area (Å²) in [6.07, 6.45) is 3.50. The van der Waals surface area contributed by atoms with Gasteiger partial charge < -0.3 is 4.74 Å². The number of nitrogens with zero attached hydrogens (tertiary/aromatic N) is 4. The van der Waals surface area contributed by atoms with Gasteiger partial charge in [0.2, 0.25) is 11.9 Å². The predicted molar refractivity (Wildman–Crippen MR) is 107 cm³/mol. The molecule has 0 unspecified atom stereocenters. The average Bonchev–Trinajstić information content (AvgIpc) is 3.23. The molecule has 1 amide bonds. The van der Waals surface area contributed by atoms with E-state index >= 15 is 0 Å². The number of hydrogen-bond donors (Lipinski definition) is 0. The second-order valence-corrected chi connectivity index (χ2v) is 6.94. The monoisotopic (exact) mass is 376 g/mol. The molecule has 28 heavy (non-hydrogen) atoms. The predicted octanol–water partition coefficient (Wildman–Crippen LogP) is 4.15. The van der Waals surface area contributed by atoms with Crippen molar-refractivity contribution in [2.75, 3.05) is 12.0 Å². The molecular weight excluding hydrogens is 352 g/mol. The minimum absolute atomic E-state index is 0.0652. The van der Waals surface area contributed by atoms with Crippen molar-refractivity contribution in [3.05, 3.63) is 72.1 Å². The molecule has 6 nitrogen and oxygen atoms in total. The van der Waals surface area contributed by atoms with E-state index in [0.29, 0.717) is 18.8 Å². The molecule has 0 radical (unpaired) electrons. The summed E-state index contributed by atoms with van der Waals surface area (Å²) in [4.78, 5) is 19.3. The molecule has 4 rings (SSSR count). The Morgan fingerprint density at radius 1 is 1.11 bits per heavy atom. The van der Waals surface area contributed by atoms with Crippen LogP contribution in [-0.4, -0.2) is 27.8 Å². The van der Waals surface area contributed by atoms with E-state index < -0.39 is 0 Å². The maximum atomic E-state index is 13.0. The second-order valence-electron chi connectivity index (χ2n) is 6.94. The number of anilines is 1. The number of benzene rings is 2. The Morgan fingerprint density at radius 3 is 2.61 bits per heavy atom. The first-order valence-corrected chi connectivity index (χ1v) is 9.64. The summed E-state index contributed by atoms with van der Waals surface area (Å²) in [7, 11) is 1.68. The second kappa shape index (κ2) is 7.84. The van der Waals surface area contributed by atoms with E-state index in [1.807, 2.05) is 52.9 Å². The van der Waals surface area contributed by atoms with Crippen LogP contribution in [0.15, 0.2) is 60.9 Å². The molecule has 0 N–H and O–H groups in total. The molecule has 1 aliphatic heterocycles. The molecule has 0 bridgehead atoms. The van der Waals surface area contributed by atoms with Crippen LogP contribution in [0.3, 0.4) is 0 Å². The highest BCUT2D eigenvalue weighted by Crippen LogP contribution is 2.44. The molecular formula is C22H24N4O2. The van der Waals surface area contributed by atoms with Gasteiger partial charge in [0.05, 0.1) is 19.2 Å². The van der Waals surface area contributed by atoms with E-state index in [1.54, 1.807) is 7.11 Å². The highest BCUT2D eigenvalue weighted by molar-refractivity contribution is 5.92. The molecule has 2 heterocycles. The number of ether oxygens (including phenoxy) is 1. The number of hydrogen-bond acceptors (Lipinski definition) is 4. The summed E-state index contributed by atoms with van der Waals surface area (Å²) in [5.41, 5.74) is 2.14. The first kappa shape index (κ1) is 18.2. The van der Waals surface area contributed by atoms with Gasteiger partial charge in [-0.05, 0) is 24.5 Å². The number of methoxy groups -OCH3 is 1. The lowest BCUT2D eigenvalue weighted by Gasteiger charge is -2.39. The molecule has 0 aliphatic carbocycles. The molecule has 2 atom stereocenters. The lowest BCUT2D eigenvalue weighted by atomic mass is 9.91. The van der Waals surface area contributed by atoms with Crippen molar-refractivity contribution >= 4 is 11.9 Å². The summed E-state index contributed by atoms with van der Waals surface area (Å²) in [5.74, 6) is 1.48. The van der Waals surface area contributed by atoms with Crippen molar-refractivity contribution in [3.63, 3.8) is 0 Å². The number of carbonyl (C=O) groups is 1. The van der Waals surface area contributed by atoms with Gasteiger partial charge >= 0.3 is 0 Å². The van der Waals surface area contributed by atoms with Crippen LogP contribution in [0.25, 0.3) is 0 Å². The van der Waals surface area contributed by atoms with Crippen molar-refractivity contribution in [1.29, 1.82) is 0 Å². The van der Waals surface area contributed by atoms with Crippen LogP contribution in [0.4, 0.5) is 5.95 Å². The summed E-state index contributed by atoms with van der Waals surface area (Å²) in [5, 5.41) is 4.47. The number of rotatable bonds is 5. The van der Waals surface area contributed by atoms with E-state index in [2.05, 4.69) is 28.3 Å². The van der Waals surface area contributed by atoms with Crippen molar-refractivity contribution in [3.8, 4) is 5.75 Å². The van der Waals surface area contributed by atoms with Gasteiger partial charge in [0.25, 0.3) is 0 Å². The zero-order valence-corrected chi connectivity index (χ0v) is 16.2. The molecule has 144 valence electrons. The maximum Gasteiger partial charge on any atom is 0.231 e. The van der Waals surface area contributed by atoms with Crippen LogP contribution < -0.4 is 9.64 Å². The van der Waals surface area contributed by atoms with Gasteiger partial charge in [-0.25, -0.2) is 4.68 Å². The van der Waals surface area contributed by atoms with Crippen LogP contribution in [0.1, 0.15) is 49.4 Å². The molecule has 1 aromatic heterocycles. The molecule has 0 saturated heterocycles. The Morgan fingerprint density at radius 2 is 1.86 bits per heavy atom. The zero-order chi connectivity index (χ0) is 19.5. The van der Waals surface area contributed by atoms with E-state index in [0.717, 1.165) is 23.3 Å². The third-order valence-corrected chi connectivity index (χ3v) is 5.24. The molecule has 1 aliphatic rings. The molecule has 0 saturated carbocycles. The van der Waals surface area contributed by atoms with Crippen LogP contribution in [-0.2, 0) is 4.79 Å². The number of para-hydroxylation sites is 1. The summed E-state index contributed by atoms with van der Waals surface area (Å²) >= 11 is 0. The van der Waals surface area contributed by atoms with Crippen molar-refractivity contribution in [1.82, 2.24) is 14.8 Å². The Labute approximate surface area is 164 Å². The highest BCUT2D eigenvalue weighted by Gasteiger charge is 2.39. The first-order valence-electron chi connectivity index (χ1n) is 9.64. The molecule has 0 fully saturated rings. The lowest BCUT2D eigenvalue weighted by molar-refractivity contribution is -0.119. The van der Waals surface area contributed by atoms with Crippen molar-refractivity contribution < 1.29 is 9.53 Å². The van der Waals surface area contributed by atoms with Crippen LogP contribution in [0.5, 0.6) is 5.75 Å². The number of fused-ring (bicyclic) bond motifs is 1. The maximum absolute atomic E-state index is 13.0. The van der Waals surface area contributed by atoms with E-state index in [9.17, 15) is 4.79 Å². The highest BCUT2D eigenvalue weighted by atomic mass is 16.5. The Kier molecular flexibility index (Phi) is 5.10. The Bertz CT molecular complexity index is 954. The normalized spacial score (nSPS) is 18.6. The summed E-state index contributed by atoms with van der Waals surface area (Å²) in [6, 6.07) is 18.0. The van der Waals surface area contributed by atoms with Crippen molar-refractivity contribution in [2.24, 2.45) is 0 Å². The van der Waals surface area contributed by atoms with Crippen LogP contribution in [0, 0.1) is 0 Å². The zero-order valence-electron chi connectivity index (χ0n) is 16.2. The quantitative estimate of drug-likeness (QED) is 0.671. The van der Waals surface area contributed by atoms with E-state index in [1.165, 1.54) is 6.33 Å². The number of carbonyl (C=O) groups excluding carboxylic acids is 1. The Balaban J connectivity index is 1.85. The molecule has 0 spiro atoms. The van der Waals surface area contributed by atoms with Crippen molar-refractivity contribution in [2.45, 2.75) is 38.3 Å². The fraction of sp³-hybridized carbons (Fsp3) is 0.318. The van der Waals surface area contributed by atoms with Gasteiger partial charge in [-0.3, -0.25) is 9.69 Å². The molecule has 3 aromatic rings. The number of amides is 1. The van der Waals surface area contributed by atoms with Gasteiger partial charge in [-0.15, -0.1) is 0 Å². The lowest BCUT2D eigenvalue weighted by Crippen LogP contribution is -2.42. The van der Waals surface area contributed by atoms with Gasteiger partial charge in [0, 0.05) is 12.0 Å². The SMILES string of the molecule is CCCC(=O)N1c2ncnn2[C@H](c2ccccc2OC)C[C@@H]1c1ccccc1. The largest absolute Gasteiger partial charge is 0.496 e. The third-order valence-electron chi connectivity index (χ3n) is 5.24. The van der Waals surface area contributed by atoms with E-state index in [4.69, 9.17) is 4.74 Å². The minimum Gasteiger partial charge on any atom is -0.496 e. The molecule has 2 aromatic carbocycles. The van der Waals surface area contributed by atoms with Gasteiger partial charge in [0.15, 0.2) is 0 Å². The summed E-state index contributed by atoms with van der Waals surface area (Å²) in [6.45, 7) is 2.02. The standard InChI is InChI=1S/C22H24N4O2/c1-3-9-21(27)25-18(16-10-5-4-6-11-16)14-19(26-22(25)23-15-24-26)17-12-7-8-13-20(17)28-2/h4-8,10-13,15,18-19H,3,9,14H2,1-2H3/t18-,19+/m1/s1. The fourth-order valence-corrected chi connectivity index (χ4v) is 3.97. The average molecular weight is 376 g/mol. The van der Waals surface area contributed by atoms with Crippen LogP contribution >= 0.6 is 0 Å². The Hall–Kier alpha value is -3.15. The van der Waals surface area contributed by atoms with Gasteiger partial charge in [0.1, 0.15) is 12.1 Å². The smallest absolute Gasteiger partial charge is 0.231 e. The minimum atomic E-state index is -0.105. The van der Waals surface area contributed by atoms with Gasteiger partial charge in [-0.1, -0.05) is 55.5 Å². The van der Waals surface area contributed by atoms with Gasteiger partial charge in [-0.2, -0.15) is 10.1 Å². The van der Waals surface area contributed by atoms with Crippen LogP contribution in [0.2, 0.25) is 0 Å². The third kappa shape index (κ3) is 3.15. The molecule has 6 heteroatoms. The van der Waals surface area contributed by atoms with E-state index in [-0.39, 0.29) is 18.0 Å². The fourth-order valence-electron chi connectivity index (χ4n) is 3.97. The number of aromatic nitrogens is 3. The summed E-state index contributed by atoms with van der Waals surface area (Å²) < 4.78 is 7.45. The first-order chi connectivity index (χ1) is 13.7. The topological polar surface area (TPSA) is 60.2 Å².